The van der Waals surface area contributed by atoms with Crippen molar-refractivity contribution >= 4 is 5.91 Å². The molecule has 0 radical (unpaired) electrons. The highest BCUT2D eigenvalue weighted by Crippen LogP contribution is 2.20. The number of benzene rings is 1. The maximum atomic E-state index is 11.7. The highest BCUT2D eigenvalue weighted by Gasteiger charge is 2.21. The third kappa shape index (κ3) is 6.13. The Bertz CT molecular complexity index is 432. The van der Waals surface area contributed by atoms with Crippen LogP contribution in [0.25, 0.3) is 0 Å². The van der Waals surface area contributed by atoms with Gasteiger partial charge in [0, 0.05) is 19.8 Å². The van der Waals surface area contributed by atoms with Crippen LogP contribution in [0.15, 0.2) is 30.3 Å². The molecule has 2 N–H and O–H groups in total. The van der Waals surface area contributed by atoms with Crippen LogP contribution < -0.4 is 5.32 Å². The minimum absolute atomic E-state index is 0.0439. The van der Waals surface area contributed by atoms with Crippen molar-refractivity contribution in [2.75, 3.05) is 26.4 Å². The molecule has 0 unspecified atom stereocenters. The number of hydrogen-bond acceptors (Lipinski definition) is 4. The van der Waals surface area contributed by atoms with Gasteiger partial charge in [0.05, 0.1) is 12.7 Å². The van der Waals surface area contributed by atoms with E-state index in [-0.39, 0.29) is 18.6 Å². The molecule has 0 aromatic heterocycles. The van der Waals surface area contributed by atoms with Gasteiger partial charge in [-0.25, -0.2) is 0 Å². The van der Waals surface area contributed by atoms with Crippen molar-refractivity contribution in [2.45, 2.75) is 32.0 Å². The molecule has 1 aromatic carbocycles. The molecule has 122 valence electrons. The molecule has 0 bridgehead atoms. The van der Waals surface area contributed by atoms with E-state index < -0.39 is 0 Å². The Morgan fingerprint density at radius 2 is 2.05 bits per heavy atom. The van der Waals surface area contributed by atoms with E-state index in [1.54, 1.807) is 0 Å². The van der Waals surface area contributed by atoms with Crippen LogP contribution in [-0.4, -0.2) is 43.5 Å². The molecular formula is C17H25NO4. The molecule has 5 nitrogen and oxygen atoms in total. The maximum absolute atomic E-state index is 11.7. The molecular weight excluding hydrogens is 282 g/mol. The highest BCUT2D eigenvalue weighted by atomic mass is 16.5. The van der Waals surface area contributed by atoms with E-state index in [0.29, 0.717) is 25.5 Å². The van der Waals surface area contributed by atoms with Crippen LogP contribution in [0.1, 0.15) is 24.8 Å². The molecule has 0 aliphatic carbocycles. The lowest BCUT2D eigenvalue weighted by Gasteiger charge is -2.26. The normalized spacial score (nSPS) is 17.1. The second-order valence-electron chi connectivity index (χ2n) is 5.63. The van der Waals surface area contributed by atoms with Crippen LogP contribution in [-0.2, 0) is 20.9 Å². The molecule has 2 rings (SSSR count). The molecule has 1 heterocycles. The number of rotatable bonds is 8. The molecule has 1 aliphatic rings. The van der Waals surface area contributed by atoms with Crippen molar-refractivity contribution in [2.24, 2.45) is 5.92 Å². The number of aliphatic hydroxyl groups excluding tert-OH is 1. The van der Waals surface area contributed by atoms with E-state index in [0.717, 1.165) is 31.6 Å². The Labute approximate surface area is 131 Å². The van der Waals surface area contributed by atoms with E-state index in [4.69, 9.17) is 9.47 Å². The fourth-order valence-electron chi connectivity index (χ4n) is 2.58. The lowest BCUT2D eigenvalue weighted by molar-refractivity contribution is -0.126. The van der Waals surface area contributed by atoms with Crippen LogP contribution in [0.5, 0.6) is 0 Å². The topological polar surface area (TPSA) is 67.8 Å². The van der Waals surface area contributed by atoms with E-state index in [1.165, 1.54) is 0 Å². The van der Waals surface area contributed by atoms with Gasteiger partial charge in [-0.1, -0.05) is 30.3 Å². The summed E-state index contributed by atoms with van der Waals surface area (Å²) in [5.74, 6) is 0.148. The van der Waals surface area contributed by atoms with Gasteiger partial charge < -0.3 is 19.9 Å². The summed E-state index contributed by atoms with van der Waals surface area (Å²) in [5.41, 5.74) is 1.05. The van der Waals surface area contributed by atoms with Crippen molar-refractivity contribution in [3.63, 3.8) is 0 Å². The molecule has 1 fully saturated rings. The zero-order valence-electron chi connectivity index (χ0n) is 12.9. The summed E-state index contributed by atoms with van der Waals surface area (Å²) in [6.07, 6.45) is 2.01. The van der Waals surface area contributed by atoms with Gasteiger partial charge in [-0.15, -0.1) is 0 Å². The summed E-state index contributed by atoms with van der Waals surface area (Å²) in [7, 11) is 0. The van der Waals surface area contributed by atoms with Crippen LogP contribution in [0.3, 0.4) is 0 Å². The summed E-state index contributed by atoms with van der Waals surface area (Å²) in [5, 5.41) is 12.9. The highest BCUT2D eigenvalue weighted by molar-refractivity contribution is 5.77. The minimum atomic E-state index is -0.366. The number of aliphatic hydroxyl groups is 1. The van der Waals surface area contributed by atoms with E-state index in [9.17, 15) is 9.90 Å². The van der Waals surface area contributed by atoms with Crippen molar-refractivity contribution < 1.29 is 19.4 Å². The fraction of sp³-hybridized carbons (Fsp3) is 0.588. The number of hydrogen-bond donors (Lipinski definition) is 2. The van der Waals surface area contributed by atoms with Gasteiger partial charge in [0.1, 0.15) is 6.61 Å². The summed E-state index contributed by atoms with van der Waals surface area (Å²) < 4.78 is 10.6. The maximum Gasteiger partial charge on any atom is 0.246 e. The number of amides is 1. The summed E-state index contributed by atoms with van der Waals surface area (Å²) in [6.45, 7) is 2.40. The molecule has 1 aromatic rings. The number of nitrogens with one attached hydrogen (secondary N) is 1. The zero-order chi connectivity index (χ0) is 15.6. The largest absolute Gasteiger partial charge is 0.393 e. The van der Waals surface area contributed by atoms with Gasteiger partial charge in [-0.2, -0.15) is 0 Å². The lowest BCUT2D eigenvalue weighted by Crippen LogP contribution is -2.33. The standard InChI is InChI=1S/C17H25NO4/c19-16(15-7-10-21-11-8-15)6-9-18-17(20)13-22-12-14-4-2-1-3-5-14/h1-5,15-16,19H,6-13H2,(H,18,20)/t16-/m1/s1. The van der Waals surface area contributed by atoms with Gasteiger partial charge in [0.2, 0.25) is 5.91 Å². The first-order valence-electron chi connectivity index (χ1n) is 7.90. The predicted octanol–water partition coefficient (Wildman–Crippen LogP) is 1.50. The first kappa shape index (κ1) is 16.9. The van der Waals surface area contributed by atoms with Crippen LogP contribution in [0, 0.1) is 5.92 Å². The Hall–Kier alpha value is -1.43. The first-order valence-corrected chi connectivity index (χ1v) is 7.90. The van der Waals surface area contributed by atoms with Gasteiger partial charge >= 0.3 is 0 Å². The van der Waals surface area contributed by atoms with Crippen LogP contribution in [0.4, 0.5) is 0 Å². The van der Waals surface area contributed by atoms with Gasteiger partial charge in [0.25, 0.3) is 0 Å². The van der Waals surface area contributed by atoms with Crippen molar-refractivity contribution in [3.05, 3.63) is 35.9 Å². The van der Waals surface area contributed by atoms with Crippen LogP contribution >= 0.6 is 0 Å². The van der Waals surface area contributed by atoms with Gasteiger partial charge in [0.15, 0.2) is 0 Å². The molecule has 0 spiro atoms. The Balaban J connectivity index is 1.53. The summed E-state index contributed by atoms with van der Waals surface area (Å²) in [4.78, 5) is 11.7. The number of ether oxygens (including phenoxy) is 2. The fourth-order valence-corrected chi connectivity index (χ4v) is 2.58. The molecule has 0 saturated carbocycles. The van der Waals surface area contributed by atoms with E-state index in [1.807, 2.05) is 30.3 Å². The minimum Gasteiger partial charge on any atom is -0.393 e. The molecule has 1 amide bonds. The first-order chi connectivity index (χ1) is 10.8. The van der Waals surface area contributed by atoms with Crippen LogP contribution in [0.2, 0.25) is 0 Å². The Kier molecular flexibility index (Phi) is 7.36. The van der Waals surface area contributed by atoms with E-state index >= 15 is 0 Å². The molecule has 1 atom stereocenters. The lowest BCUT2D eigenvalue weighted by atomic mass is 9.92. The molecule has 5 heteroatoms. The molecule has 1 saturated heterocycles. The smallest absolute Gasteiger partial charge is 0.246 e. The number of carbonyl (C=O) groups is 1. The van der Waals surface area contributed by atoms with E-state index in [2.05, 4.69) is 5.32 Å². The van der Waals surface area contributed by atoms with Crippen molar-refractivity contribution in [3.8, 4) is 0 Å². The average Bonchev–Trinajstić information content (AvgIpc) is 2.56. The Morgan fingerprint density at radius 3 is 2.77 bits per heavy atom. The van der Waals surface area contributed by atoms with Gasteiger partial charge in [-0.3, -0.25) is 4.79 Å². The second kappa shape index (κ2) is 9.56. The molecule has 22 heavy (non-hydrogen) atoms. The second-order valence-corrected chi connectivity index (χ2v) is 5.63. The zero-order valence-corrected chi connectivity index (χ0v) is 12.9. The SMILES string of the molecule is O=C(COCc1ccccc1)NCC[C@@H](O)C1CCOCC1. The molecule has 1 aliphatic heterocycles. The third-order valence-electron chi connectivity index (χ3n) is 3.92. The monoisotopic (exact) mass is 307 g/mol. The van der Waals surface area contributed by atoms with Crippen molar-refractivity contribution in [1.29, 1.82) is 0 Å². The predicted molar refractivity (Wildman–Crippen MR) is 83.3 cm³/mol. The van der Waals surface area contributed by atoms with Gasteiger partial charge in [-0.05, 0) is 30.7 Å². The average molecular weight is 307 g/mol. The number of carbonyl (C=O) groups excluding carboxylic acids is 1. The quantitative estimate of drug-likeness (QED) is 0.764. The van der Waals surface area contributed by atoms with Crippen molar-refractivity contribution in [1.82, 2.24) is 5.32 Å². The summed E-state index contributed by atoms with van der Waals surface area (Å²) >= 11 is 0. The summed E-state index contributed by atoms with van der Waals surface area (Å²) in [6, 6.07) is 9.75. The third-order valence-corrected chi connectivity index (χ3v) is 3.92. The Morgan fingerprint density at radius 1 is 1.32 bits per heavy atom.